The van der Waals surface area contributed by atoms with Crippen molar-refractivity contribution in [3.8, 4) is 11.1 Å². The standard InChI is InChI=1S/C39H28NOP/c1-3-9-32(10-4-1)42(33-11-5-2-6-12-33)34-25-21-28(22-26-34)27-15-17-29(18-16-27)38-37-35-13-7-8-14-36(35)41-39(37)30-19-23-31(40-38)24-20-30/h1-23,25-26,31H,24H2. The molecular weight excluding hydrogens is 529 g/mol. The van der Waals surface area contributed by atoms with Crippen molar-refractivity contribution < 1.29 is 4.42 Å². The van der Waals surface area contributed by atoms with Crippen molar-refractivity contribution in [1.29, 1.82) is 0 Å². The first-order valence-corrected chi connectivity index (χ1v) is 15.8. The highest BCUT2D eigenvalue weighted by Crippen LogP contribution is 2.38. The van der Waals surface area contributed by atoms with Crippen LogP contribution in [-0.2, 0) is 0 Å². The summed E-state index contributed by atoms with van der Waals surface area (Å²) >= 11 is 0. The molecule has 0 saturated heterocycles. The summed E-state index contributed by atoms with van der Waals surface area (Å²) in [6.07, 6.45) is 7.50. The van der Waals surface area contributed by atoms with Gasteiger partial charge in [0.05, 0.1) is 17.3 Å². The first kappa shape index (κ1) is 25.0. The first-order valence-electron chi connectivity index (χ1n) is 14.4. The van der Waals surface area contributed by atoms with Crippen LogP contribution >= 0.6 is 7.92 Å². The first-order chi connectivity index (χ1) is 20.8. The molecule has 3 aliphatic rings. The normalized spacial score (nSPS) is 15.7. The molecule has 1 aromatic heterocycles. The zero-order chi connectivity index (χ0) is 27.9. The Hall–Kier alpha value is -4.78. The summed E-state index contributed by atoms with van der Waals surface area (Å²) in [6, 6.07) is 48.1. The van der Waals surface area contributed by atoms with E-state index in [-0.39, 0.29) is 6.04 Å². The van der Waals surface area contributed by atoms with Crippen LogP contribution in [0.5, 0.6) is 0 Å². The number of para-hydroxylation sites is 1. The van der Waals surface area contributed by atoms with E-state index in [4.69, 9.17) is 9.41 Å². The minimum absolute atomic E-state index is 0.141. The van der Waals surface area contributed by atoms with E-state index < -0.39 is 7.92 Å². The Morgan fingerprint density at radius 3 is 1.81 bits per heavy atom. The van der Waals surface area contributed by atoms with Gasteiger partial charge in [-0.25, -0.2) is 0 Å². The molecule has 2 nitrogen and oxygen atoms in total. The maximum atomic E-state index is 6.39. The Labute approximate surface area is 247 Å². The molecule has 1 atom stereocenters. The zero-order valence-electron chi connectivity index (χ0n) is 23.0. The highest BCUT2D eigenvalue weighted by molar-refractivity contribution is 7.79. The molecule has 2 aliphatic heterocycles. The van der Waals surface area contributed by atoms with Gasteiger partial charge in [0, 0.05) is 16.5 Å². The number of nitrogens with zero attached hydrogens (tertiary/aromatic N) is 1. The highest BCUT2D eigenvalue weighted by Gasteiger charge is 2.26. The van der Waals surface area contributed by atoms with Crippen LogP contribution in [0.3, 0.4) is 0 Å². The molecule has 42 heavy (non-hydrogen) atoms. The molecule has 0 saturated carbocycles. The Balaban J connectivity index is 1.15. The fourth-order valence-corrected chi connectivity index (χ4v) is 8.31. The molecule has 9 rings (SSSR count). The number of aliphatic imine (C=N–C) groups is 1. The summed E-state index contributed by atoms with van der Waals surface area (Å²) < 4.78 is 6.39. The lowest BCUT2D eigenvalue weighted by Crippen LogP contribution is -2.20. The molecule has 1 aliphatic carbocycles. The molecule has 0 radical (unpaired) electrons. The molecule has 3 heterocycles. The molecule has 5 aromatic carbocycles. The highest BCUT2D eigenvalue weighted by atomic mass is 31.1. The van der Waals surface area contributed by atoms with Gasteiger partial charge in [-0.1, -0.05) is 146 Å². The van der Waals surface area contributed by atoms with E-state index in [0.717, 1.165) is 45.6 Å². The topological polar surface area (TPSA) is 25.5 Å². The van der Waals surface area contributed by atoms with Crippen LogP contribution in [0.4, 0.5) is 0 Å². The van der Waals surface area contributed by atoms with Crippen LogP contribution in [0, 0.1) is 0 Å². The summed E-state index contributed by atoms with van der Waals surface area (Å²) in [6.45, 7) is 0. The van der Waals surface area contributed by atoms with Gasteiger partial charge in [0.1, 0.15) is 11.3 Å². The van der Waals surface area contributed by atoms with Gasteiger partial charge in [0.15, 0.2) is 0 Å². The summed E-state index contributed by atoms with van der Waals surface area (Å²) in [5, 5.41) is 5.19. The number of allylic oxidation sites excluding steroid dienone is 2. The van der Waals surface area contributed by atoms with Gasteiger partial charge < -0.3 is 4.42 Å². The summed E-state index contributed by atoms with van der Waals surface area (Å²) in [5.74, 6) is 0.914. The molecule has 0 spiro atoms. The second-order valence-corrected chi connectivity index (χ2v) is 13.0. The van der Waals surface area contributed by atoms with Crippen molar-refractivity contribution in [2.24, 2.45) is 4.99 Å². The van der Waals surface area contributed by atoms with E-state index in [1.807, 2.05) is 12.1 Å². The van der Waals surface area contributed by atoms with Gasteiger partial charge in [0.25, 0.3) is 0 Å². The van der Waals surface area contributed by atoms with Crippen LogP contribution in [0.2, 0.25) is 0 Å². The molecule has 0 N–H and O–H groups in total. The van der Waals surface area contributed by atoms with E-state index in [1.165, 1.54) is 27.0 Å². The predicted octanol–water partition coefficient (Wildman–Crippen LogP) is 8.42. The lowest BCUT2D eigenvalue weighted by molar-refractivity contribution is 0.598. The Morgan fingerprint density at radius 2 is 1.17 bits per heavy atom. The van der Waals surface area contributed by atoms with Crippen molar-refractivity contribution in [2.75, 3.05) is 0 Å². The minimum Gasteiger partial charge on any atom is -0.455 e. The summed E-state index contributed by atoms with van der Waals surface area (Å²) in [4.78, 5) is 5.24. The molecule has 2 bridgehead atoms. The maximum absolute atomic E-state index is 6.39. The van der Waals surface area contributed by atoms with Crippen molar-refractivity contribution in [2.45, 2.75) is 12.5 Å². The lowest BCUT2D eigenvalue weighted by atomic mass is 9.90. The third kappa shape index (κ3) is 4.45. The summed E-state index contributed by atoms with van der Waals surface area (Å²) in [5.41, 5.74) is 7.67. The second kappa shape index (κ2) is 10.6. The molecule has 1 unspecified atom stereocenters. The average Bonchev–Trinajstić information content (AvgIpc) is 3.43. The van der Waals surface area contributed by atoms with Crippen molar-refractivity contribution in [1.82, 2.24) is 0 Å². The van der Waals surface area contributed by atoms with Gasteiger partial charge in [0.2, 0.25) is 0 Å². The minimum atomic E-state index is -0.618. The van der Waals surface area contributed by atoms with E-state index in [9.17, 15) is 0 Å². The molecule has 3 heteroatoms. The quantitative estimate of drug-likeness (QED) is 0.195. The van der Waals surface area contributed by atoms with Crippen LogP contribution in [0.1, 0.15) is 23.3 Å². The Kier molecular flexibility index (Phi) is 6.28. The molecule has 0 fully saturated rings. The van der Waals surface area contributed by atoms with Crippen LogP contribution in [0.15, 0.2) is 161 Å². The van der Waals surface area contributed by atoms with Gasteiger partial charge in [-0.3, -0.25) is 4.99 Å². The monoisotopic (exact) mass is 557 g/mol. The number of hydrogen-bond donors (Lipinski definition) is 0. The van der Waals surface area contributed by atoms with Crippen LogP contribution in [-0.4, -0.2) is 11.8 Å². The Bertz CT molecular complexity index is 1940. The molecule has 6 aromatic rings. The van der Waals surface area contributed by atoms with E-state index >= 15 is 0 Å². The van der Waals surface area contributed by atoms with Crippen molar-refractivity contribution in [3.05, 3.63) is 169 Å². The third-order valence-corrected chi connectivity index (χ3v) is 10.6. The van der Waals surface area contributed by atoms with Gasteiger partial charge in [-0.2, -0.15) is 0 Å². The second-order valence-electron chi connectivity index (χ2n) is 10.7. The molecule has 200 valence electrons. The third-order valence-electron chi connectivity index (χ3n) is 8.11. The number of benzene rings is 5. The average molecular weight is 558 g/mol. The van der Waals surface area contributed by atoms with Gasteiger partial charge in [-0.15, -0.1) is 0 Å². The van der Waals surface area contributed by atoms with Gasteiger partial charge >= 0.3 is 0 Å². The smallest absolute Gasteiger partial charge is 0.144 e. The Morgan fingerprint density at radius 1 is 0.595 bits per heavy atom. The number of fused-ring (bicyclic) bond motifs is 2. The van der Waals surface area contributed by atoms with Gasteiger partial charge in [-0.05, 0) is 47.4 Å². The SMILES string of the molecule is C1=CC2CC=C1c1oc3ccccc3c1C(c1ccc(-c3ccc(P(c4ccccc4)c4ccccc4)cc3)cc1)=N2. The van der Waals surface area contributed by atoms with Crippen molar-refractivity contribution in [3.63, 3.8) is 0 Å². The molecule has 0 amide bonds. The molecular formula is C39H28NOP. The van der Waals surface area contributed by atoms with Crippen LogP contribution in [0.25, 0.3) is 27.7 Å². The van der Waals surface area contributed by atoms with E-state index in [2.05, 4.69) is 140 Å². The largest absolute Gasteiger partial charge is 0.455 e. The fraction of sp³-hybridized carbons (Fsp3) is 0.0513. The van der Waals surface area contributed by atoms with E-state index in [0.29, 0.717) is 0 Å². The summed E-state index contributed by atoms with van der Waals surface area (Å²) in [7, 11) is -0.618. The number of rotatable bonds is 5. The predicted molar refractivity (Wildman–Crippen MR) is 178 cm³/mol. The fourth-order valence-electron chi connectivity index (χ4n) is 6.03. The van der Waals surface area contributed by atoms with Crippen LogP contribution < -0.4 is 15.9 Å². The lowest BCUT2D eigenvalue weighted by Gasteiger charge is -2.20. The van der Waals surface area contributed by atoms with Crippen molar-refractivity contribution >= 4 is 46.1 Å². The maximum Gasteiger partial charge on any atom is 0.144 e. The number of hydrogen-bond acceptors (Lipinski definition) is 2. The zero-order valence-corrected chi connectivity index (χ0v) is 23.9. The number of furan rings is 1. The van der Waals surface area contributed by atoms with E-state index in [1.54, 1.807) is 0 Å².